The second kappa shape index (κ2) is 5.99. The van der Waals surface area contributed by atoms with E-state index in [0.29, 0.717) is 5.92 Å². The lowest BCUT2D eigenvalue weighted by Crippen LogP contribution is -2.38. The molecule has 0 spiro atoms. The van der Waals surface area contributed by atoms with Crippen LogP contribution in [-0.2, 0) is 5.92 Å². The third-order valence-electron chi connectivity index (χ3n) is 3.44. The Morgan fingerprint density at radius 1 is 1.32 bits per heavy atom. The molecule has 104 valence electrons. The van der Waals surface area contributed by atoms with E-state index in [1.54, 1.807) is 18.2 Å². The Morgan fingerprint density at radius 2 is 2.00 bits per heavy atom. The lowest BCUT2D eigenvalue weighted by Gasteiger charge is -2.25. The predicted octanol–water partition coefficient (Wildman–Crippen LogP) is 2.48. The van der Waals surface area contributed by atoms with Crippen molar-refractivity contribution in [3.8, 4) is 0 Å². The highest BCUT2D eigenvalue weighted by Crippen LogP contribution is 2.28. The fourth-order valence-corrected chi connectivity index (χ4v) is 1.96. The molecule has 0 aliphatic heterocycles. The second-order valence-electron chi connectivity index (χ2n) is 4.95. The zero-order chi connectivity index (χ0) is 13.7. The number of aliphatic imine (C=N–C) groups is 1. The molecule has 0 heterocycles. The average molecular weight is 267 g/mol. The van der Waals surface area contributed by atoms with Crippen LogP contribution in [0.1, 0.15) is 24.8 Å². The highest BCUT2D eigenvalue weighted by Gasteiger charge is 2.31. The van der Waals surface area contributed by atoms with E-state index in [1.165, 1.54) is 31.4 Å². The molecule has 1 saturated carbocycles. The van der Waals surface area contributed by atoms with E-state index in [2.05, 4.69) is 10.3 Å². The van der Waals surface area contributed by atoms with Crippen molar-refractivity contribution in [2.45, 2.75) is 25.2 Å². The Hall–Kier alpha value is -1.65. The smallest absolute Gasteiger partial charge is 0.292 e. The van der Waals surface area contributed by atoms with Gasteiger partial charge in [0.25, 0.3) is 5.92 Å². The molecule has 0 radical (unpaired) electrons. The number of alkyl halides is 2. The fourth-order valence-electron chi connectivity index (χ4n) is 1.96. The number of hydrogen-bond acceptors (Lipinski definition) is 1. The quantitative estimate of drug-likeness (QED) is 0.636. The van der Waals surface area contributed by atoms with Crippen LogP contribution in [0.4, 0.5) is 8.78 Å². The minimum atomic E-state index is -2.98. The first-order valence-electron chi connectivity index (χ1n) is 6.55. The number of benzene rings is 1. The van der Waals surface area contributed by atoms with Gasteiger partial charge in [0.2, 0.25) is 0 Å². The van der Waals surface area contributed by atoms with Gasteiger partial charge in [0, 0.05) is 12.1 Å². The summed E-state index contributed by atoms with van der Waals surface area (Å²) < 4.78 is 27.6. The Balaban J connectivity index is 1.85. The first-order chi connectivity index (χ1) is 9.08. The van der Waals surface area contributed by atoms with E-state index in [1.807, 2.05) is 0 Å². The first-order valence-corrected chi connectivity index (χ1v) is 6.55. The third kappa shape index (κ3) is 3.91. The Morgan fingerprint density at radius 3 is 2.58 bits per heavy atom. The summed E-state index contributed by atoms with van der Waals surface area (Å²) in [5.41, 5.74) is 5.56. The van der Waals surface area contributed by atoms with Gasteiger partial charge in [-0.05, 0) is 18.8 Å². The second-order valence-corrected chi connectivity index (χ2v) is 4.95. The summed E-state index contributed by atoms with van der Waals surface area (Å²) in [5, 5.41) is 2.90. The maximum atomic E-state index is 13.8. The number of nitrogens with zero attached hydrogens (tertiary/aromatic N) is 1. The number of guanidine groups is 1. The van der Waals surface area contributed by atoms with Crippen molar-refractivity contribution in [2.24, 2.45) is 16.6 Å². The number of halogens is 2. The highest BCUT2D eigenvalue weighted by molar-refractivity contribution is 5.77. The van der Waals surface area contributed by atoms with Gasteiger partial charge >= 0.3 is 0 Å². The lowest BCUT2D eigenvalue weighted by molar-refractivity contribution is 0.00644. The van der Waals surface area contributed by atoms with Gasteiger partial charge in [0.1, 0.15) is 6.54 Å². The van der Waals surface area contributed by atoms with Crippen molar-refractivity contribution < 1.29 is 8.78 Å². The molecule has 0 bridgehead atoms. The van der Waals surface area contributed by atoms with Crippen LogP contribution in [0.25, 0.3) is 0 Å². The number of hydrogen-bond donors (Lipinski definition) is 2. The molecule has 1 aromatic carbocycles. The van der Waals surface area contributed by atoms with E-state index >= 15 is 0 Å². The summed E-state index contributed by atoms with van der Waals surface area (Å²) in [5.74, 6) is -2.27. The van der Waals surface area contributed by atoms with Crippen molar-refractivity contribution in [3.63, 3.8) is 0 Å². The van der Waals surface area contributed by atoms with Gasteiger partial charge in [-0.25, -0.2) is 4.99 Å². The van der Waals surface area contributed by atoms with Gasteiger partial charge in [-0.2, -0.15) is 8.78 Å². The van der Waals surface area contributed by atoms with Crippen LogP contribution in [-0.4, -0.2) is 19.0 Å². The van der Waals surface area contributed by atoms with E-state index in [0.717, 1.165) is 6.54 Å². The fraction of sp³-hybridized carbons (Fsp3) is 0.500. The van der Waals surface area contributed by atoms with Gasteiger partial charge in [-0.15, -0.1) is 0 Å². The summed E-state index contributed by atoms with van der Waals surface area (Å²) in [4.78, 5) is 3.74. The van der Waals surface area contributed by atoms with Crippen LogP contribution < -0.4 is 11.1 Å². The van der Waals surface area contributed by atoms with Crippen molar-refractivity contribution in [3.05, 3.63) is 35.9 Å². The lowest BCUT2D eigenvalue weighted by atomic mass is 9.85. The maximum absolute atomic E-state index is 13.8. The van der Waals surface area contributed by atoms with Crippen molar-refractivity contribution in [1.29, 1.82) is 0 Å². The van der Waals surface area contributed by atoms with Crippen molar-refractivity contribution in [1.82, 2.24) is 5.32 Å². The molecule has 0 saturated heterocycles. The first kappa shape index (κ1) is 13.8. The van der Waals surface area contributed by atoms with Crippen LogP contribution in [0.15, 0.2) is 35.3 Å². The van der Waals surface area contributed by atoms with Crippen LogP contribution in [0.3, 0.4) is 0 Å². The van der Waals surface area contributed by atoms with Crippen LogP contribution in [0.5, 0.6) is 0 Å². The minimum Gasteiger partial charge on any atom is -0.370 e. The minimum absolute atomic E-state index is 0.0365. The van der Waals surface area contributed by atoms with Gasteiger partial charge in [0.15, 0.2) is 5.96 Å². The molecule has 1 aromatic rings. The molecule has 5 heteroatoms. The van der Waals surface area contributed by atoms with Gasteiger partial charge < -0.3 is 11.1 Å². The van der Waals surface area contributed by atoms with Crippen molar-refractivity contribution in [2.75, 3.05) is 13.1 Å². The normalized spacial score (nSPS) is 17.1. The summed E-state index contributed by atoms with van der Waals surface area (Å²) in [6.07, 6.45) is 3.61. The molecule has 0 amide bonds. The van der Waals surface area contributed by atoms with E-state index in [4.69, 9.17) is 5.73 Å². The molecule has 1 aliphatic rings. The van der Waals surface area contributed by atoms with Gasteiger partial charge in [-0.3, -0.25) is 0 Å². The molecule has 3 nitrogen and oxygen atoms in total. The van der Waals surface area contributed by atoms with Crippen LogP contribution >= 0.6 is 0 Å². The third-order valence-corrected chi connectivity index (χ3v) is 3.44. The largest absolute Gasteiger partial charge is 0.370 e. The van der Waals surface area contributed by atoms with E-state index < -0.39 is 12.5 Å². The summed E-state index contributed by atoms with van der Waals surface area (Å²) in [6.45, 7) is 0.104. The predicted molar refractivity (Wildman–Crippen MR) is 72.2 cm³/mol. The Bertz CT molecular complexity index is 428. The number of rotatable bonds is 5. The molecule has 0 aromatic heterocycles. The summed E-state index contributed by atoms with van der Waals surface area (Å²) in [6, 6.07) is 7.68. The molecule has 0 atom stereocenters. The molecule has 19 heavy (non-hydrogen) atoms. The molecular formula is C14H19F2N3. The topological polar surface area (TPSA) is 50.4 Å². The zero-order valence-corrected chi connectivity index (χ0v) is 10.8. The standard InChI is InChI=1S/C14H19F2N3/c15-14(16,12-7-2-1-3-8-12)10-19-13(17)18-9-11-5-4-6-11/h1-3,7-8,11H,4-6,9-10H2,(H3,17,18,19). The molecule has 1 aliphatic carbocycles. The maximum Gasteiger partial charge on any atom is 0.292 e. The molecule has 1 fully saturated rings. The van der Waals surface area contributed by atoms with Crippen LogP contribution in [0.2, 0.25) is 0 Å². The van der Waals surface area contributed by atoms with Gasteiger partial charge in [-0.1, -0.05) is 36.8 Å². The molecule has 2 rings (SSSR count). The van der Waals surface area contributed by atoms with E-state index in [-0.39, 0.29) is 11.5 Å². The zero-order valence-electron chi connectivity index (χ0n) is 10.8. The monoisotopic (exact) mass is 267 g/mol. The molecular weight excluding hydrogens is 248 g/mol. The summed E-state index contributed by atoms with van der Waals surface area (Å²) >= 11 is 0. The van der Waals surface area contributed by atoms with Crippen LogP contribution in [0, 0.1) is 5.92 Å². The SMILES string of the molecule is NC(=NCC(F)(F)c1ccccc1)NCC1CCC1. The molecule has 3 N–H and O–H groups in total. The summed E-state index contributed by atoms with van der Waals surface area (Å²) in [7, 11) is 0. The Kier molecular flexibility index (Phi) is 4.35. The Labute approximate surface area is 111 Å². The van der Waals surface area contributed by atoms with Gasteiger partial charge in [0.05, 0.1) is 0 Å². The average Bonchev–Trinajstić information content (AvgIpc) is 2.36. The highest BCUT2D eigenvalue weighted by atomic mass is 19.3. The van der Waals surface area contributed by atoms with Crippen molar-refractivity contribution >= 4 is 5.96 Å². The van der Waals surface area contributed by atoms with E-state index in [9.17, 15) is 8.78 Å². The number of nitrogens with one attached hydrogen (secondary N) is 1. The number of nitrogens with two attached hydrogens (primary N) is 1. The molecule has 0 unspecified atom stereocenters.